The number of nitrogens with two attached hydrogens (primary N) is 1. The molecule has 0 fully saturated rings. The van der Waals surface area contributed by atoms with E-state index >= 15 is 0 Å². The Balaban J connectivity index is 2.96. The van der Waals surface area contributed by atoms with E-state index in [2.05, 4.69) is 41.3 Å². The zero-order chi connectivity index (χ0) is 8.72. The number of anilines is 1. The van der Waals surface area contributed by atoms with Crippen molar-refractivity contribution in [3.63, 3.8) is 0 Å². The van der Waals surface area contributed by atoms with Gasteiger partial charge in [0, 0.05) is 23.9 Å². The summed E-state index contributed by atoms with van der Waals surface area (Å²) in [7, 11) is 0. The number of halogens is 1. The summed E-state index contributed by atoms with van der Waals surface area (Å²) < 4.78 is 2.30. The molecule has 0 unspecified atom stereocenters. The van der Waals surface area contributed by atoms with Crippen molar-refractivity contribution >= 4 is 62.3 Å². The van der Waals surface area contributed by atoms with Crippen molar-refractivity contribution in [3.05, 3.63) is 21.1 Å². The molecule has 0 saturated heterocycles. The lowest BCUT2D eigenvalue weighted by Crippen LogP contribution is -1.88. The molecule has 0 bridgehead atoms. The molecule has 2 N–H and O–H groups in total. The number of rotatable bonds is 0. The zero-order valence-electron chi connectivity index (χ0n) is 6.04. The van der Waals surface area contributed by atoms with Crippen LogP contribution in [0.25, 0.3) is 10.1 Å². The molecule has 1 aromatic heterocycles. The third-order valence-corrected chi connectivity index (χ3v) is 4.12. The molecule has 4 heteroatoms. The summed E-state index contributed by atoms with van der Waals surface area (Å²) in [6.07, 6.45) is 0. The Morgan fingerprint density at radius 2 is 2.17 bits per heavy atom. The average Bonchev–Trinajstić information content (AvgIpc) is 2.41. The molecule has 1 aromatic carbocycles. The Kier molecular flexibility index (Phi) is 2.22. The number of hydrogen-bond acceptors (Lipinski definition) is 3. The summed E-state index contributed by atoms with van der Waals surface area (Å²) in [5.74, 6) is 0. The monoisotopic (exact) mass is 307 g/mol. The van der Waals surface area contributed by atoms with Gasteiger partial charge in [-0.1, -0.05) is 0 Å². The fourth-order valence-corrected chi connectivity index (χ4v) is 2.88. The molecule has 2 rings (SSSR count). The molecule has 0 radical (unpaired) electrons. The Bertz CT molecular complexity index is 436. The minimum Gasteiger partial charge on any atom is -0.397 e. The summed E-state index contributed by atoms with van der Waals surface area (Å²) in [6.45, 7) is 0. The number of hydrogen-bond donors (Lipinski definition) is 2. The van der Waals surface area contributed by atoms with E-state index in [1.165, 1.54) is 4.70 Å². The molecular weight excluding hydrogens is 301 g/mol. The maximum absolute atomic E-state index is 5.91. The molecule has 0 amide bonds. The highest BCUT2D eigenvalue weighted by Crippen LogP contribution is 2.35. The van der Waals surface area contributed by atoms with Crippen molar-refractivity contribution in [1.29, 1.82) is 0 Å². The molecule has 1 heterocycles. The van der Waals surface area contributed by atoms with Crippen molar-refractivity contribution in [3.8, 4) is 0 Å². The smallest absolute Gasteiger partial charge is 0.0549 e. The fraction of sp³-hybridized carbons (Fsp3) is 0. The minimum absolute atomic E-state index is 0.847. The molecule has 0 aliphatic rings. The van der Waals surface area contributed by atoms with Crippen LogP contribution in [0.3, 0.4) is 0 Å². The van der Waals surface area contributed by atoms with Crippen LogP contribution in [-0.4, -0.2) is 0 Å². The molecular formula is C8H6INS2. The number of fused-ring (bicyclic) bond motifs is 1. The van der Waals surface area contributed by atoms with Crippen LogP contribution in [0.4, 0.5) is 5.69 Å². The van der Waals surface area contributed by atoms with Crippen molar-refractivity contribution in [2.75, 3.05) is 5.73 Å². The first kappa shape index (κ1) is 8.65. The molecule has 1 nitrogen and oxygen atoms in total. The van der Waals surface area contributed by atoms with Gasteiger partial charge in [0.05, 0.1) is 5.69 Å². The van der Waals surface area contributed by atoms with Crippen LogP contribution >= 0.6 is 46.6 Å². The van der Waals surface area contributed by atoms with Gasteiger partial charge >= 0.3 is 0 Å². The lowest BCUT2D eigenvalue weighted by molar-refractivity contribution is 1.64. The van der Waals surface area contributed by atoms with E-state index in [1.807, 2.05) is 11.4 Å². The van der Waals surface area contributed by atoms with Gasteiger partial charge in [0.15, 0.2) is 0 Å². The molecule has 12 heavy (non-hydrogen) atoms. The van der Waals surface area contributed by atoms with Crippen LogP contribution in [0.5, 0.6) is 0 Å². The summed E-state index contributed by atoms with van der Waals surface area (Å²) in [5, 5.41) is 3.11. The third kappa shape index (κ3) is 1.22. The van der Waals surface area contributed by atoms with E-state index in [4.69, 9.17) is 5.73 Å². The number of thiol groups is 1. The Hall–Kier alpha value is 0.0600. The quantitative estimate of drug-likeness (QED) is 0.435. The van der Waals surface area contributed by atoms with Gasteiger partial charge in [-0.25, -0.2) is 0 Å². The second-order valence-electron chi connectivity index (χ2n) is 2.46. The molecule has 0 aliphatic carbocycles. The summed E-state index contributed by atoms with van der Waals surface area (Å²) >= 11 is 8.25. The molecule has 62 valence electrons. The van der Waals surface area contributed by atoms with E-state index in [1.54, 1.807) is 11.3 Å². The standard InChI is InChI=1S/C8H6INS2/c9-4-1-2-6-7(8(4)10)5(11)3-12-6/h1-3,11H,10H2. The summed E-state index contributed by atoms with van der Waals surface area (Å²) in [4.78, 5) is 0.978. The second-order valence-corrected chi connectivity index (χ2v) is 5.01. The van der Waals surface area contributed by atoms with Crippen LogP contribution in [0.1, 0.15) is 0 Å². The third-order valence-electron chi connectivity index (χ3n) is 1.71. The van der Waals surface area contributed by atoms with Crippen molar-refractivity contribution in [2.45, 2.75) is 4.90 Å². The highest BCUT2D eigenvalue weighted by Gasteiger charge is 2.06. The zero-order valence-corrected chi connectivity index (χ0v) is 9.91. The van der Waals surface area contributed by atoms with Crippen LogP contribution in [-0.2, 0) is 0 Å². The van der Waals surface area contributed by atoms with E-state index < -0.39 is 0 Å². The summed E-state index contributed by atoms with van der Waals surface area (Å²) in [6, 6.07) is 4.11. The predicted octanol–water partition coefficient (Wildman–Crippen LogP) is 3.38. The van der Waals surface area contributed by atoms with Crippen LogP contribution < -0.4 is 5.73 Å². The van der Waals surface area contributed by atoms with Crippen molar-refractivity contribution in [1.82, 2.24) is 0 Å². The lowest BCUT2D eigenvalue weighted by atomic mass is 10.2. The van der Waals surface area contributed by atoms with Gasteiger partial charge in [-0.05, 0) is 34.7 Å². The van der Waals surface area contributed by atoms with E-state index in [0.29, 0.717) is 0 Å². The van der Waals surface area contributed by atoms with Gasteiger partial charge in [-0.2, -0.15) is 0 Å². The first-order valence-corrected chi connectivity index (χ1v) is 5.75. The Morgan fingerprint density at radius 1 is 1.42 bits per heavy atom. The first-order valence-electron chi connectivity index (χ1n) is 3.34. The first-order chi connectivity index (χ1) is 5.70. The van der Waals surface area contributed by atoms with Crippen molar-refractivity contribution in [2.24, 2.45) is 0 Å². The predicted molar refractivity (Wildman–Crippen MR) is 66.2 cm³/mol. The molecule has 0 saturated carbocycles. The normalized spacial score (nSPS) is 10.8. The number of thiophene rings is 1. The fourth-order valence-electron chi connectivity index (χ4n) is 1.11. The van der Waals surface area contributed by atoms with Gasteiger partial charge in [-0.15, -0.1) is 24.0 Å². The second kappa shape index (κ2) is 3.08. The highest BCUT2D eigenvalue weighted by molar-refractivity contribution is 14.1. The Labute approximate surface area is 93.5 Å². The van der Waals surface area contributed by atoms with Gasteiger partial charge < -0.3 is 5.73 Å². The van der Waals surface area contributed by atoms with Crippen LogP contribution in [0, 0.1) is 3.57 Å². The maximum atomic E-state index is 5.91. The van der Waals surface area contributed by atoms with Gasteiger partial charge in [0.2, 0.25) is 0 Å². The average molecular weight is 307 g/mol. The largest absolute Gasteiger partial charge is 0.397 e. The maximum Gasteiger partial charge on any atom is 0.0549 e. The highest BCUT2D eigenvalue weighted by atomic mass is 127. The molecule has 0 aliphatic heterocycles. The molecule has 2 aromatic rings. The molecule has 0 spiro atoms. The SMILES string of the molecule is Nc1c(I)ccc2scc(S)c12. The van der Waals surface area contributed by atoms with E-state index in [-0.39, 0.29) is 0 Å². The summed E-state index contributed by atoms with van der Waals surface area (Å²) in [5.41, 5.74) is 6.76. The Morgan fingerprint density at radius 3 is 2.92 bits per heavy atom. The minimum atomic E-state index is 0.847. The van der Waals surface area contributed by atoms with Gasteiger partial charge in [0.1, 0.15) is 0 Å². The number of benzene rings is 1. The van der Waals surface area contributed by atoms with E-state index in [9.17, 15) is 0 Å². The van der Waals surface area contributed by atoms with Crippen LogP contribution in [0.2, 0.25) is 0 Å². The molecule has 0 atom stereocenters. The lowest BCUT2D eigenvalue weighted by Gasteiger charge is -1.99. The van der Waals surface area contributed by atoms with Crippen LogP contribution in [0.15, 0.2) is 22.4 Å². The van der Waals surface area contributed by atoms with Gasteiger partial charge in [-0.3, -0.25) is 0 Å². The van der Waals surface area contributed by atoms with Gasteiger partial charge in [0.25, 0.3) is 0 Å². The van der Waals surface area contributed by atoms with E-state index in [0.717, 1.165) is 19.5 Å². The topological polar surface area (TPSA) is 26.0 Å². The number of nitrogen functional groups attached to an aromatic ring is 1. The van der Waals surface area contributed by atoms with Crippen molar-refractivity contribution < 1.29 is 0 Å².